The molecule has 0 spiro atoms. The van der Waals surface area contributed by atoms with Gasteiger partial charge >= 0.3 is 11.9 Å². The number of phosphoric acid groups is 1. The average Bonchev–Trinajstić information content (AvgIpc) is 3.37. The minimum atomic E-state index is -4.65. The molecule has 0 heterocycles. The molecule has 0 bridgehead atoms. The summed E-state index contributed by atoms with van der Waals surface area (Å²) < 4.78 is 34.1. The number of carbonyl (C=O) groups excluding carboxylic acids is 2. The molecule has 430 valence electrons. The standard InChI is InChI=1S/C65H112NO8P/c1-6-8-10-12-14-16-18-20-22-24-26-28-29-30-31-32-33-34-35-36-37-38-40-42-44-46-48-50-52-54-56-58-65(68)74-63(62-73-75(69,70)72-60-59-66(3,4)5)61-71-64(67)57-55-53-51-49-47-45-43-41-39-27-25-23-21-19-17-15-13-11-9-7-2/h8,10,14,16,20,22,26,28,30-31,33-34,36-37,40,42,46,48,63H,6-7,9,11-13,15,17-19,21,23-25,27,29,32,35,38-39,41,43-45,47,49-62H2,1-5H3/b10-8-,16-14-,22-20-,28-26-,31-30-,34-33-,37-36-,42-40-,48-46-. The van der Waals surface area contributed by atoms with Crippen molar-refractivity contribution < 1.29 is 42.1 Å². The van der Waals surface area contributed by atoms with Crippen LogP contribution in [0.15, 0.2) is 109 Å². The van der Waals surface area contributed by atoms with Crippen molar-refractivity contribution in [2.75, 3.05) is 47.5 Å². The number of esters is 2. The van der Waals surface area contributed by atoms with Crippen LogP contribution in [0.4, 0.5) is 0 Å². The molecule has 0 aromatic rings. The van der Waals surface area contributed by atoms with E-state index in [1.807, 2.05) is 21.1 Å². The molecule has 0 saturated carbocycles. The van der Waals surface area contributed by atoms with Gasteiger partial charge in [-0.15, -0.1) is 0 Å². The van der Waals surface area contributed by atoms with Crippen molar-refractivity contribution in [3.05, 3.63) is 109 Å². The van der Waals surface area contributed by atoms with Gasteiger partial charge in [0.25, 0.3) is 7.82 Å². The van der Waals surface area contributed by atoms with Crippen LogP contribution in [0.5, 0.6) is 0 Å². The van der Waals surface area contributed by atoms with E-state index >= 15 is 0 Å². The summed E-state index contributed by atoms with van der Waals surface area (Å²) in [5.74, 6) is -0.872. The molecular weight excluding hydrogens is 954 g/mol. The Kier molecular flexibility index (Phi) is 53.0. The first-order valence-corrected chi connectivity index (χ1v) is 31.6. The highest BCUT2D eigenvalue weighted by Gasteiger charge is 2.21. The highest BCUT2D eigenvalue weighted by Crippen LogP contribution is 2.38. The van der Waals surface area contributed by atoms with Crippen molar-refractivity contribution in [1.29, 1.82) is 0 Å². The topological polar surface area (TPSA) is 111 Å². The van der Waals surface area contributed by atoms with Gasteiger partial charge in [-0.05, 0) is 83.5 Å². The molecule has 0 saturated heterocycles. The van der Waals surface area contributed by atoms with E-state index in [2.05, 4.69) is 123 Å². The lowest BCUT2D eigenvalue weighted by Crippen LogP contribution is -2.37. The summed E-state index contributed by atoms with van der Waals surface area (Å²) >= 11 is 0. The summed E-state index contributed by atoms with van der Waals surface area (Å²) in [5.41, 5.74) is 0. The Bertz CT molecular complexity index is 1630. The first-order chi connectivity index (χ1) is 36.5. The number of hydrogen-bond donors (Lipinski definition) is 0. The van der Waals surface area contributed by atoms with Gasteiger partial charge in [0.1, 0.15) is 19.8 Å². The maximum absolute atomic E-state index is 12.8. The average molecular weight is 1070 g/mol. The number of phosphoric ester groups is 1. The normalized spacial score (nSPS) is 14.1. The summed E-state index contributed by atoms with van der Waals surface area (Å²) in [5, 5.41) is 0. The molecule has 0 amide bonds. The monoisotopic (exact) mass is 1070 g/mol. The van der Waals surface area contributed by atoms with Crippen LogP contribution in [-0.4, -0.2) is 70.0 Å². The third-order valence-corrected chi connectivity index (χ3v) is 13.5. The van der Waals surface area contributed by atoms with Gasteiger partial charge in [-0.2, -0.15) is 0 Å². The van der Waals surface area contributed by atoms with Crippen LogP contribution < -0.4 is 4.89 Å². The number of allylic oxidation sites excluding steroid dienone is 18. The van der Waals surface area contributed by atoms with Crippen molar-refractivity contribution in [2.24, 2.45) is 0 Å². The van der Waals surface area contributed by atoms with Crippen LogP contribution in [0, 0.1) is 0 Å². The maximum atomic E-state index is 12.8. The second-order valence-electron chi connectivity index (χ2n) is 21.0. The summed E-state index contributed by atoms with van der Waals surface area (Å²) in [6, 6.07) is 0. The van der Waals surface area contributed by atoms with Gasteiger partial charge < -0.3 is 27.9 Å². The van der Waals surface area contributed by atoms with Crippen molar-refractivity contribution in [1.82, 2.24) is 0 Å². The molecule has 75 heavy (non-hydrogen) atoms. The molecule has 0 aromatic heterocycles. The van der Waals surface area contributed by atoms with Crippen molar-refractivity contribution in [3.63, 3.8) is 0 Å². The summed E-state index contributed by atoms with van der Waals surface area (Å²) in [6.07, 6.45) is 77.1. The Balaban J connectivity index is 4.26. The molecular formula is C65H112NO8P. The maximum Gasteiger partial charge on any atom is 0.306 e. The van der Waals surface area contributed by atoms with E-state index in [0.717, 1.165) is 96.3 Å². The van der Waals surface area contributed by atoms with Gasteiger partial charge in [0.05, 0.1) is 27.7 Å². The van der Waals surface area contributed by atoms with E-state index in [0.29, 0.717) is 17.4 Å². The molecule has 9 nitrogen and oxygen atoms in total. The van der Waals surface area contributed by atoms with E-state index in [1.54, 1.807) is 0 Å². The third-order valence-electron chi connectivity index (χ3n) is 12.6. The van der Waals surface area contributed by atoms with Gasteiger partial charge in [-0.3, -0.25) is 14.2 Å². The summed E-state index contributed by atoms with van der Waals surface area (Å²) in [6.45, 7) is 4.10. The fraction of sp³-hybridized carbons (Fsp3) is 0.692. The smallest absolute Gasteiger partial charge is 0.306 e. The van der Waals surface area contributed by atoms with Crippen LogP contribution in [0.25, 0.3) is 0 Å². The fourth-order valence-corrected chi connectivity index (χ4v) is 8.67. The highest BCUT2D eigenvalue weighted by molar-refractivity contribution is 7.45. The molecule has 0 radical (unpaired) electrons. The summed E-state index contributed by atoms with van der Waals surface area (Å²) in [4.78, 5) is 37.9. The predicted molar refractivity (Wildman–Crippen MR) is 318 cm³/mol. The van der Waals surface area contributed by atoms with Gasteiger partial charge in [0.2, 0.25) is 0 Å². The van der Waals surface area contributed by atoms with Crippen molar-refractivity contribution in [3.8, 4) is 0 Å². The molecule has 0 aliphatic carbocycles. The van der Waals surface area contributed by atoms with Gasteiger partial charge in [-0.1, -0.05) is 252 Å². The quantitative estimate of drug-likeness (QED) is 0.0195. The van der Waals surface area contributed by atoms with Gasteiger partial charge in [-0.25, -0.2) is 0 Å². The Hall–Kier alpha value is -3.33. The largest absolute Gasteiger partial charge is 0.756 e. The lowest BCUT2D eigenvalue weighted by molar-refractivity contribution is -0.870. The first kappa shape index (κ1) is 71.7. The number of nitrogens with zero attached hydrogens (tertiary/aromatic N) is 1. The number of likely N-dealkylation sites (N-methyl/N-ethyl adjacent to an activating group) is 1. The zero-order valence-electron chi connectivity index (χ0n) is 48.7. The van der Waals surface area contributed by atoms with Crippen LogP contribution in [0.3, 0.4) is 0 Å². The van der Waals surface area contributed by atoms with Crippen LogP contribution in [0.1, 0.15) is 239 Å². The molecule has 0 aromatic carbocycles. The first-order valence-electron chi connectivity index (χ1n) is 30.1. The number of ether oxygens (including phenoxy) is 2. The molecule has 0 N–H and O–H groups in total. The lowest BCUT2D eigenvalue weighted by Gasteiger charge is -2.28. The molecule has 0 aliphatic rings. The molecule has 0 aliphatic heterocycles. The minimum Gasteiger partial charge on any atom is -0.756 e. The Labute approximate surface area is 461 Å². The second kappa shape index (κ2) is 55.4. The molecule has 0 fully saturated rings. The third kappa shape index (κ3) is 59.8. The summed E-state index contributed by atoms with van der Waals surface area (Å²) in [7, 11) is 1.13. The van der Waals surface area contributed by atoms with Gasteiger partial charge in [0.15, 0.2) is 6.10 Å². The van der Waals surface area contributed by atoms with Crippen LogP contribution in [-0.2, 0) is 32.7 Å². The van der Waals surface area contributed by atoms with Crippen LogP contribution >= 0.6 is 7.82 Å². The van der Waals surface area contributed by atoms with E-state index in [9.17, 15) is 19.0 Å². The predicted octanol–water partition coefficient (Wildman–Crippen LogP) is 18.3. The molecule has 0 rings (SSSR count). The molecule has 10 heteroatoms. The zero-order valence-corrected chi connectivity index (χ0v) is 49.6. The Morgan fingerprint density at radius 2 is 0.760 bits per heavy atom. The Morgan fingerprint density at radius 1 is 0.427 bits per heavy atom. The van der Waals surface area contributed by atoms with E-state index in [4.69, 9.17) is 18.5 Å². The number of unbranched alkanes of at least 4 members (excludes halogenated alkanes) is 22. The zero-order chi connectivity index (χ0) is 54.9. The number of rotatable bonds is 54. The van der Waals surface area contributed by atoms with Crippen LogP contribution in [0.2, 0.25) is 0 Å². The molecule has 2 atom stereocenters. The lowest BCUT2D eigenvalue weighted by atomic mass is 10.0. The number of carbonyl (C=O) groups is 2. The highest BCUT2D eigenvalue weighted by atomic mass is 31.2. The van der Waals surface area contributed by atoms with E-state index < -0.39 is 32.5 Å². The minimum absolute atomic E-state index is 0.0421. The second-order valence-corrected chi connectivity index (χ2v) is 22.4. The van der Waals surface area contributed by atoms with E-state index in [1.165, 1.54) is 109 Å². The SMILES string of the molecule is CC/C=C\C/C=C\C/C=C\C/C=C\C/C=C\C/C=C\C/C=C\C/C=C\C/C=C\CCCCCC(=O)OC(COC(=O)CCCCCCCCCCCCCCCCCCCCCC)COP(=O)([O-])OCC[N+](C)(C)C. The van der Waals surface area contributed by atoms with E-state index in [-0.39, 0.29) is 26.1 Å². The number of hydrogen-bond acceptors (Lipinski definition) is 8. The van der Waals surface area contributed by atoms with Crippen molar-refractivity contribution >= 4 is 19.8 Å². The Morgan fingerprint density at radius 3 is 1.13 bits per heavy atom. The fourth-order valence-electron chi connectivity index (χ4n) is 7.94. The van der Waals surface area contributed by atoms with Gasteiger partial charge in [0, 0.05) is 12.8 Å². The number of quaternary nitrogens is 1. The molecule has 2 unspecified atom stereocenters. The van der Waals surface area contributed by atoms with Crippen molar-refractivity contribution in [2.45, 2.75) is 245 Å².